The Morgan fingerprint density at radius 2 is 0.483 bits per heavy atom. The first-order valence-corrected chi connectivity index (χ1v) is 56.6. The van der Waals surface area contributed by atoms with Gasteiger partial charge in [0.05, 0.1) is 20.0 Å². The highest BCUT2D eigenvalue weighted by Crippen LogP contribution is 2.50. The number of unbranched alkanes of at least 4 members (excludes halogenated alkanes) is 10. The molecule has 0 spiro atoms. The summed E-state index contributed by atoms with van der Waals surface area (Å²) < 4.78 is 43.2. The molecule has 0 N–H and O–H groups in total. The molecule has 8 aliphatic heterocycles. The first kappa shape index (κ1) is 103. The maximum atomic E-state index is 15.0. The molecule has 1 atom stereocenters. The highest BCUT2D eigenvalue weighted by atomic mass is 28.4. The van der Waals surface area contributed by atoms with Gasteiger partial charge in [0.15, 0.2) is 46.7 Å². The number of aliphatic imine (C=N–C) groups is 8. The second kappa shape index (κ2) is 38.1. The van der Waals surface area contributed by atoms with Gasteiger partial charge in [-0.1, -0.05) is 348 Å². The van der Waals surface area contributed by atoms with Crippen molar-refractivity contribution in [3.8, 4) is 0 Å². The lowest BCUT2D eigenvalue weighted by molar-refractivity contribution is -0.147. The molecule has 12 aromatic rings. The smallest absolute Gasteiger partial charge is 0.469 e. The molecule has 8 aliphatic rings. The summed E-state index contributed by atoms with van der Waals surface area (Å²) in [6.07, 6.45) is 13.1. The Bertz CT molecular complexity index is 8020. The molecule has 0 fully saturated rings. The minimum Gasteiger partial charge on any atom is -0.469 e. The summed E-state index contributed by atoms with van der Waals surface area (Å²) >= 11 is 0. The highest BCUT2D eigenvalue weighted by molar-refractivity contribution is 6.69. The van der Waals surface area contributed by atoms with Crippen LogP contribution in [0, 0.1) is 0 Å². The third-order valence-corrected chi connectivity index (χ3v) is 35.7. The Hall–Kier alpha value is -12.8. The average molecular weight is 2010 g/mol. The van der Waals surface area contributed by atoms with E-state index in [-0.39, 0.29) is 78.8 Å². The maximum Gasteiger partial charge on any atom is 0.742 e. The van der Waals surface area contributed by atoms with Gasteiger partial charge in [-0.05, 0) is 156 Å². The standard InChI is InChI=1S/C64H82N8O2Si.C57H62N8O6Si/c1-15-17-19-21-23-25-35-73-75(74-36-26-24-22-20-18-16-2)71-57-47-33-29-43(63(9,10)11)39-51(47)60(71)68-54-46-32-28-42(62(6,7)8)38-50(46)56(66-54)70-58-48-34-30-44(64(12,13)14)40-52(48)59(72(58)75)67-53-45-31-27-41(61(3,4)5)37-49(45)55(65-53)69-57;1-15-16-44(67)70-72(71-45(68)26-25-43(66)69-14)64-50-37-23-19-33(56(8,9)10)29-41(37)53(64)61-47-36-22-18-32(55(5,6)7)28-40(36)49(59-47)63-51-38-24-20-34(57(11,12)13)30-42(38)52(65(51)72)60-46-35-21-17-31(54(2,3)4)27-39(35)48(58-46)62-50/h27-34,37-40H,15-26,35-36H2,1-14H3;17-24,27-30H,15-16,25-26H2,1-14H3. The number of hydrogen-bond acceptors (Lipinski definition) is 20. The second-order valence-corrected chi connectivity index (χ2v) is 54.0. The van der Waals surface area contributed by atoms with Gasteiger partial charge in [-0.25, -0.2) is 59.9 Å². The van der Waals surface area contributed by atoms with Crippen LogP contribution >= 0.6 is 0 Å². The Morgan fingerprint density at radius 3 is 0.803 bits per heavy atom. The van der Waals surface area contributed by atoms with Gasteiger partial charge >= 0.3 is 23.7 Å². The molecule has 0 amide bonds. The minimum atomic E-state index is -5.19. The van der Waals surface area contributed by atoms with E-state index in [0.29, 0.717) is 110 Å². The normalized spacial score (nSPS) is 16.3. The molecule has 12 heterocycles. The summed E-state index contributed by atoms with van der Waals surface area (Å²) in [6, 6.07) is 51.9. The van der Waals surface area contributed by atoms with Gasteiger partial charge in [0.1, 0.15) is 45.2 Å². The van der Waals surface area contributed by atoms with Crippen LogP contribution in [0.5, 0.6) is 0 Å². The molecule has 0 saturated heterocycles. The lowest BCUT2D eigenvalue weighted by Gasteiger charge is -2.33. The number of carbonyl (C=O) groups is 3. The zero-order chi connectivity index (χ0) is 105. The molecule has 1 unspecified atom stereocenters. The van der Waals surface area contributed by atoms with Crippen molar-refractivity contribution in [2.45, 2.75) is 333 Å². The summed E-state index contributed by atoms with van der Waals surface area (Å²) in [4.78, 5) is 110. The Morgan fingerprint density at radius 1 is 0.238 bits per heavy atom. The third-order valence-electron chi connectivity index (χ3n) is 29.6. The van der Waals surface area contributed by atoms with Crippen LogP contribution in [-0.2, 0) is 80.1 Å². The van der Waals surface area contributed by atoms with Crippen LogP contribution in [-0.4, -0.2) is 120 Å². The second-order valence-electron chi connectivity index (χ2n) is 49.0. The number of methoxy groups -OCH3 is 1. The Balaban J connectivity index is 0.000000185. The van der Waals surface area contributed by atoms with Crippen LogP contribution in [0.3, 0.4) is 0 Å². The summed E-state index contributed by atoms with van der Waals surface area (Å²) in [5, 5.41) is 6.38. The van der Waals surface area contributed by atoms with Crippen molar-refractivity contribution >= 4 is 149 Å². The predicted octanol–water partition coefficient (Wildman–Crippen LogP) is 25.7. The molecular formula is C121H144N16O8Si2. The minimum absolute atomic E-state index is 0.0213. The van der Waals surface area contributed by atoms with Gasteiger partial charge in [-0.2, -0.15) is 0 Å². The van der Waals surface area contributed by atoms with Crippen molar-refractivity contribution in [1.29, 1.82) is 0 Å². The number of nitrogens with zero attached hydrogens (tertiary/aromatic N) is 16. The topological polar surface area (TPSA) is 265 Å². The van der Waals surface area contributed by atoms with Crippen LogP contribution < -0.4 is 22.0 Å². The van der Waals surface area contributed by atoms with Crippen LogP contribution in [0.15, 0.2) is 206 Å². The van der Waals surface area contributed by atoms with Gasteiger partial charge < -0.3 is 22.4 Å². The van der Waals surface area contributed by atoms with Crippen molar-refractivity contribution in [2.75, 3.05) is 20.3 Å². The van der Waals surface area contributed by atoms with Crippen LogP contribution in [0.4, 0.5) is 23.3 Å². The Kier molecular flexibility index (Phi) is 26.7. The van der Waals surface area contributed by atoms with E-state index in [4.69, 9.17) is 82.3 Å². The molecule has 147 heavy (non-hydrogen) atoms. The maximum absolute atomic E-state index is 15.0. The summed E-state index contributed by atoms with van der Waals surface area (Å²) in [6.45, 7) is 60.4. The van der Waals surface area contributed by atoms with Gasteiger partial charge in [0.2, 0.25) is 0 Å². The van der Waals surface area contributed by atoms with Crippen LogP contribution in [0.1, 0.15) is 379 Å². The number of aromatic nitrogens is 4. The molecule has 12 bridgehead atoms. The van der Waals surface area contributed by atoms with E-state index in [2.05, 4.69) is 310 Å². The van der Waals surface area contributed by atoms with Crippen molar-refractivity contribution < 1.29 is 36.8 Å². The van der Waals surface area contributed by atoms with E-state index >= 15 is 4.79 Å². The van der Waals surface area contributed by atoms with Crippen molar-refractivity contribution in [1.82, 2.24) is 16.9 Å². The SMILES string of the molecule is CCCC(=O)O[Si]1(OC(=O)CCC(=O)OC)n2c3c4cc(C(C)(C)C)ccc4c2N=C2N=C(N=c4c5cc(C(C)(C)C)ccc5c(n41)=NC1=NC(=N3)c3ccc(C(C)(C)C)cc31)c1ccc(C(C)(C)C)cc12.CCCCCCCCO[Si]1(OCCCCCCCC)n2c3c4cc(C(C)(C)C)ccc4c2N=C2N=C(N=c4c5cc(C(C)(C)C)ccc5c(n41)=NC1=NC(=N3)c3ccc(C(C)(C)C)cc31)c1ccc(C(C)(C)C)cc12. The lowest BCUT2D eigenvalue weighted by atomic mass is 9.85. The van der Waals surface area contributed by atoms with Gasteiger partial charge in [0, 0.05) is 107 Å². The molecule has 26 heteroatoms. The van der Waals surface area contributed by atoms with Crippen LogP contribution in [0.25, 0.3) is 43.1 Å². The van der Waals surface area contributed by atoms with Gasteiger partial charge in [-0.15, -0.1) is 0 Å². The molecule has 24 nitrogen and oxygen atoms in total. The highest BCUT2D eigenvalue weighted by Gasteiger charge is 2.61. The fraction of sp³-hybridized carbons (Fsp3) is 0.446. The van der Waals surface area contributed by atoms with Gasteiger partial charge in [0.25, 0.3) is 11.9 Å². The summed E-state index contributed by atoms with van der Waals surface area (Å²) in [7, 11) is -8.18. The van der Waals surface area contributed by atoms with E-state index < -0.39 is 42.1 Å². The number of fused-ring (bicyclic) bond motifs is 28. The fourth-order valence-corrected chi connectivity index (χ4v) is 27.1. The molecule has 764 valence electrons. The largest absolute Gasteiger partial charge is 0.742 e. The summed E-state index contributed by atoms with van der Waals surface area (Å²) in [5.41, 5.74) is 16.0. The Labute approximate surface area is 866 Å². The summed E-state index contributed by atoms with van der Waals surface area (Å²) in [5.74, 6) is 3.82. The number of ether oxygens (including phenoxy) is 1. The van der Waals surface area contributed by atoms with Crippen molar-refractivity contribution in [2.24, 2.45) is 59.9 Å². The van der Waals surface area contributed by atoms with E-state index in [1.807, 2.05) is 31.2 Å². The zero-order valence-corrected chi connectivity index (χ0v) is 93.5. The van der Waals surface area contributed by atoms with Crippen molar-refractivity contribution in [3.63, 3.8) is 0 Å². The molecule has 0 saturated carbocycles. The number of esters is 1. The van der Waals surface area contributed by atoms with Crippen LogP contribution in [0.2, 0.25) is 0 Å². The predicted molar refractivity (Wildman–Crippen MR) is 599 cm³/mol. The molecule has 4 aromatic heterocycles. The quantitative estimate of drug-likeness (QED) is 0.0337. The number of benzene rings is 8. The van der Waals surface area contributed by atoms with E-state index in [9.17, 15) is 9.59 Å². The molecular weight excluding hydrogens is 1860 g/mol. The van der Waals surface area contributed by atoms with Crippen molar-refractivity contribution in [3.05, 3.63) is 257 Å². The van der Waals surface area contributed by atoms with E-state index in [1.54, 1.807) is 8.47 Å². The first-order chi connectivity index (χ1) is 69.4. The monoisotopic (exact) mass is 2010 g/mol. The zero-order valence-electron chi connectivity index (χ0n) is 91.5. The van der Waals surface area contributed by atoms with E-state index in [1.165, 1.54) is 67.9 Å². The molecule has 0 radical (unpaired) electrons. The van der Waals surface area contributed by atoms with Gasteiger partial charge in [-0.3, -0.25) is 31.3 Å². The fourth-order valence-electron chi connectivity index (χ4n) is 20.6. The first-order valence-electron chi connectivity index (χ1n) is 53.2. The molecule has 20 rings (SSSR count). The van der Waals surface area contributed by atoms with E-state index in [0.717, 1.165) is 127 Å². The number of carbonyl (C=O) groups excluding carboxylic acids is 3. The number of amidine groups is 8. The number of rotatable bonds is 23. The average Bonchev–Trinajstić information content (AvgIpc) is 1.53. The molecule has 8 aromatic carbocycles. The third kappa shape index (κ3) is 19.0. The number of hydrogen-bond donors (Lipinski definition) is 0. The molecule has 0 aliphatic carbocycles. The lowest BCUT2D eigenvalue weighted by Crippen LogP contribution is -2.65.